The molecule has 1 saturated carbocycles. The Labute approximate surface area is 208 Å². The molecule has 9 nitrogen and oxygen atoms in total. The molecule has 6 rings (SSSR count). The van der Waals surface area contributed by atoms with E-state index in [1.165, 1.54) is 12.1 Å². The van der Waals surface area contributed by atoms with E-state index in [1.807, 2.05) is 11.9 Å². The van der Waals surface area contributed by atoms with Gasteiger partial charge in [-0.05, 0) is 36.8 Å². The van der Waals surface area contributed by atoms with Gasteiger partial charge in [0.1, 0.15) is 23.3 Å². The molecule has 1 aromatic carbocycles. The maximum atomic E-state index is 14.8. The molecular formula is C25H30F2N8O. The standard InChI is InChI=1S/C25H30F2N8O/c1-13-32-33-24(36-13)34-10-14-5-6-15(11-34)20(14)29-23-30-21(28-4)19-22(31-23)35(12-25(19,2)3)18-8-7-16(26)9-17(18)27/h7-9,14-15,20H,5-6,10-12H2,1-4H3,(H2,28,29,30,31)/t14-,15+,20-. The van der Waals surface area contributed by atoms with E-state index in [0.717, 1.165) is 37.6 Å². The van der Waals surface area contributed by atoms with Crippen molar-refractivity contribution in [3.05, 3.63) is 41.3 Å². The van der Waals surface area contributed by atoms with Gasteiger partial charge in [0.2, 0.25) is 11.8 Å². The van der Waals surface area contributed by atoms with E-state index in [0.29, 0.717) is 53.6 Å². The highest BCUT2D eigenvalue weighted by atomic mass is 19.1. The fourth-order valence-corrected chi connectivity index (χ4v) is 6.14. The molecule has 2 bridgehead atoms. The number of fused-ring (bicyclic) bond motifs is 3. The summed E-state index contributed by atoms with van der Waals surface area (Å²) in [4.78, 5) is 13.7. The highest BCUT2D eigenvalue weighted by Gasteiger charge is 2.45. The molecule has 36 heavy (non-hydrogen) atoms. The number of hydrogen-bond acceptors (Lipinski definition) is 9. The summed E-state index contributed by atoms with van der Waals surface area (Å²) in [5, 5.41) is 15.0. The second-order valence-electron chi connectivity index (χ2n) is 10.7. The number of anilines is 5. The molecule has 1 saturated heterocycles. The number of rotatable bonds is 5. The van der Waals surface area contributed by atoms with E-state index in [-0.39, 0.29) is 11.5 Å². The highest BCUT2D eigenvalue weighted by molar-refractivity contribution is 5.76. The summed E-state index contributed by atoms with van der Waals surface area (Å²) in [5.41, 5.74) is 0.890. The van der Waals surface area contributed by atoms with Gasteiger partial charge in [-0.25, -0.2) is 8.78 Å². The Morgan fingerprint density at radius 1 is 1.08 bits per heavy atom. The summed E-state index contributed by atoms with van der Waals surface area (Å²) in [6, 6.07) is 4.45. The minimum atomic E-state index is -0.612. The zero-order valence-electron chi connectivity index (χ0n) is 20.8. The van der Waals surface area contributed by atoms with E-state index in [4.69, 9.17) is 14.4 Å². The van der Waals surface area contributed by atoms with Crippen molar-refractivity contribution in [2.24, 2.45) is 11.8 Å². The molecular weight excluding hydrogens is 466 g/mol. The van der Waals surface area contributed by atoms with E-state index in [1.54, 1.807) is 6.92 Å². The molecule has 0 amide bonds. The summed E-state index contributed by atoms with van der Waals surface area (Å²) in [7, 11) is 1.83. The summed E-state index contributed by atoms with van der Waals surface area (Å²) in [5.74, 6) is 1.97. The monoisotopic (exact) mass is 496 g/mol. The molecule has 4 heterocycles. The maximum absolute atomic E-state index is 14.8. The lowest BCUT2D eigenvalue weighted by Crippen LogP contribution is -2.48. The van der Waals surface area contributed by atoms with Crippen LogP contribution < -0.4 is 20.4 Å². The molecule has 3 atom stereocenters. The van der Waals surface area contributed by atoms with E-state index < -0.39 is 11.6 Å². The van der Waals surface area contributed by atoms with Crippen LogP contribution in [0.3, 0.4) is 0 Å². The predicted octanol–water partition coefficient (Wildman–Crippen LogP) is 4.24. The van der Waals surface area contributed by atoms with Gasteiger partial charge in [-0.3, -0.25) is 0 Å². The van der Waals surface area contributed by atoms with Crippen LogP contribution in [-0.4, -0.2) is 52.9 Å². The largest absolute Gasteiger partial charge is 0.408 e. The van der Waals surface area contributed by atoms with Gasteiger partial charge in [0.25, 0.3) is 0 Å². The Balaban J connectivity index is 1.32. The highest BCUT2D eigenvalue weighted by Crippen LogP contribution is 2.47. The van der Waals surface area contributed by atoms with Crippen LogP contribution in [-0.2, 0) is 5.41 Å². The molecule has 0 unspecified atom stereocenters. The lowest BCUT2D eigenvalue weighted by molar-refractivity contribution is 0.357. The Hall–Kier alpha value is -3.50. The number of aryl methyl sites for hydroxylation is 1. The van der Waals surface area contributed by atoms with Crippen molar-refractivity contribution < 1.29 is 13.2 Å². The van der Waals surface area contributed by atoms with Gasteiger partial charge >= 0.3 is 6.01 Å². The van der Waals surface area contributed by atoms with Crippen molar-refractivity contribution >= 4 is 29.3 Å². The first kappa shape index (κ1) is 22.9. The lowest BCUT2D eigenvalue weighted by Gasteiger charge is -2.37. The number of hydrogen-bond donors (Lipinski definition) is 2. The zero-order chi connectivity index (χ0) is 25.2. The van der Waals surface area contributed by atoms with Crippen LogP contribution in [0.25, 0.3) is 0 Å². The van der Waals surface area contributed by atoms with Crippen molar-refractivity contribution in [3.8, 4) is 0 Å². The van der Waals surface area contributed by atoms with Gasteiger partial charge in [0.05, 0.1) is 5.69 Å². The van der Waals surface area contributed by atoms with Crippen LogP contribution in [0.1, 0.15) is 38.1 Å². The van der Waals surface area contributed by atoms with Crippen molar-refractivity contribution in [2.45, 2.75) is 45.1 Å². The second-order valence-corrected chi connectivity index (χ2v) is 10.7. The molecule has 3 aromatic rings. The zero-order valence-corrected chi connectivity index (χ0v) is 20.8. The third-order valence-electron chi connectivity index (χ3n) is 7.73. The average Bonchev–Trinajstić information content (AvgIpc) is 3.44. The molecule has 0 spiro atoms. The maximum Gasteiger partial charge on any atom is 0.318 e. The fraction of sp³-hybridized carbons (Fsp3) is 0.520. The fourth-order valence-electron chi connectivity index (χ4n) is 6.14. The number of benzene rings is 1. The van der Waals surface area contributed by atoms with Crippen LogP contribution in [0.15, 0.2) is 22.6 Å². The van der Waals surface area contributed by atoms with Crippen LogP contribution in [0.5, 0.6) is 0 Å². The molecule has 2 aromatic heterocycles. The molecule has 1 aliphatic carbocycles. The number of piperidine rings is 1. The Morgan fingerprint density at radius 2 is 1.83 bits per heavy atom. The summed E-state index contributed by atoms with van der Waals surface area (Å²) < 4.78 is 34.1. The Morgan fingerprint density at radius 3 is 2.47 bits per heavy atom. The van der Waals surface area contributed by atoms with E-state index in [9.17, 15) is 8.78 Å². The molecule has 190 valence electrons. The van der Waals surface area contributed by atoms with Crippen molar-refractivity contribution in [3.63, 3.8) is 0 Å². The molecule has 2 fully saturated rings. The van der Waals surface area contributed by atoms with Gasteiger partial charge in [0.15, 0.2) is 0 Å². The van der Waals surface area contributed by atoms with Crippen LogP contribution in [0.4, 0.5) is 38.1 Å². The van der Waals surface area contributed by atoms with Crippen molar-refractivity contribution in [2.75, 3.05) is 47.1 Å². The minimum absolute atomic E-state index is 0.207. The third kappa shape index (κ3) is 3.72. The van der Waals surface area contributed by atoms with Crippen molar-refractivity contribution in [1.82, 2.24) is 20.2 Å². The topological polar surface area (TPSA) is 95.2 Å². The normalized spacial score (nSPS) is 24.2. The number of nitrogens with one attached hydrogen (secondary N) is 2. The summed E-state index contributed by atoms with van der Waals surface area (Å²) in [6.07, 6.45) is 2.19. The Bertz CT molecular complexity index is 1300. The molecule has 2 aliphatic heterocycles. The van der Waals surface area contributed by atoms with Gasteiger partial charge in [-0.15, -0.1) is 5.10 Å². The van der Waals surface area contributed by atoms with Crippen LogP contribution in [0.2, 0.25) is 0 Å². The third-order valence-corrected chi connectivity index (χ3v) is 7.73. The lowest BCUT2D eigenvalue weighted by atomic mass is 9.88. The van der Waals surface area contributed by atoms with Gasteiger partial charge in [0, 0.05) is 56.7 Å². The molecule has 0 radical (unpaired) electrons. The van der Waals surface area contributed by atoms with Gasteiger partial charge < -0.3 is 24.9 Å². The summed E-state index contributed by atoms with van der Waals surface area (Å²) >= 11 is 0. The van der Waals surface area contributed by atoms with Crippen LogP contribution in [0, 0.1) is 30.4 Å². The number of nitrogens with zero attached hydrogens (tertiary/aromatic N) is 6. The molecule has 2 N–H and O–H groups in total. The summed E-state index contributed by atoms with van der Waals surface area (Å²) in [6.45, 7) is 8.11. The van der Waals surface area contributed by atoms with E-state index in [2.05, 4.69) is 39.6 Å². The minimum Gasteiger partial charge on any atom is -0.408 e. The molecule has 3 aliphatic rings. The smallest absolute Gasteiger partial charge is 0.318 e. The second kappa shape index (κ2) is 8.28. The first-order valence-corrected chi connectivity index (χ1v) is 12.4. The molecule has 11 heteroatoms. The van der Waals surface area contributed by atoms with Gasteiger partial charge in [-0.2, -0.15) is 9.97 Å². The van der Waals surface area contributed by atoms with Gasteiger partial charge in [-0.1, -0.05) is 18.9 Å². The average molecular weight is 497 g/mol. The number of aromatic nitrogens is 4. The SMILES string of the molecule is CNc1nc(N[C@@H]2[C@@H]3CC[C@H]2CN(c2nnc(C)o2)C3)nc2c1C(C)(C)CN2c1ccc(F)cc1F. The predicted molar refractivity (Wildman–Crippen MR) is 133 cm³/mol. The van der Waals surface area contributed by atoms with E-state index >= 15 is 0 Å². The quantitative estimate of drug-likeness (QED) is 0.538. The van der Waals surface area contributed by atoms with Crippen molar-refractivity contribution in [1.29, 1.82) is 0 Å². The first-order chi connectivity index (χ1) is 17.2. The first-order valence-electron chi connectivity index (χ1n) is 12.4. The Kier molecular flexibility index (Phi) is 5.27. The number of halogens is 2. The van der Waals surface area contributed by atoms with Crippen LogP contribution >= 0.6 is 0 Å².